The Morgan fingerprint density at radius 1 is 0.850 bits per heavy atom. The second-order valence-electron chi connectivity index (χ2n) is 12.7. The Hall–Kier alpha value is -1.44. The zero-order valence-corrected chi connectivity index (χ0v) is 26.2. The standard InChI is InChI=1S/C33H61NO6/c1-6-14-31-32(38)34-23-28(35)22-30(37)29(36)20-19-25(3)18-13-17-24(2)15-11-9-7-8-10-12-16-26(4)21-27(5)33(39)40-31/h18,24,26-31,35-37H,6-17,19-23H2,1-5H3,(H,34,38)/b25-18+/t24-,26-,27+,28+,29-,30+,31+/m1/s1. The summed E-state index contributed by atoms with van der Waals surface area (Å²) in [6, 6.07) is 0. The molecule has 7 heteroatoms. The van der Waals surface area contributed by atoms with Gasteiger partial charge in [0.05, 0.1) is 24.2 Å². The summed E-state index contributed by atoms with van der Waals surface area (Å²) in [6.07, 6.45) is 13.3. The molecule has 4 N–H and O–H groups in total. The number of carbonyl (C=O) groups is 2. The van der Waals surface area contributed by atoms with Crippen LogP contribution < -0.4 is 5.32 Å². The molecule has 1 rings (SSSR count). The van der Waals surface area contributed by atoms with Gasteiger partial charge in [-0.15, -0.1) is 0 Å². The van der Waals surface area contributed by atoms with E-state index < -0.39 is 30.3 Å². The van der Waals surface area contributed by atoms with E-state index in [9.17, 15) is 24.9 Å². The Morgan fingerprint density at radius 3 is 2.12 bits per heavy atom. The molecule has 1 heterocycles. The molecule has 0 saturated carbocycles. The van der Waals surface area contributed by atoms with Crippen molar-refractivity contribution in [2.75, 3.05) is 6.54 Å². The fourth-order valence-electron chi connectivity index (χ4n) is 5.55. The fourth-order valence-corrected chi connectivity index (χ4v) is 5.55. The number of aliphatic hydroxyl groups is 3. The molecule has 0 aromatic rings. The van der Waals surface area contributed by atoms with Gasteiger partial charge in [0.2, 0.25) is 0 Å². The molecule has 0 spiro atoms. The molecule has 0 radical (unpaired) electrons. The molecule has 7 atom stereocenters. The normalized spacial score (nSPS) is 34.4. The minimum atomic E-state index is -1.08. The van der Waals surface area contributed by atoms with E-state index in [4.69, 9.17) is 4.74 Å². The number of ether oxygens (including phenoxy) is 1. The van der Waals surface area contributed by atoms with Gasteiger partial charge in [-0.2, -0.15) is 0 Å². The van der Waals surface area contributed by atoms with Gasteiger partial charge in [0.15, 0.2) is 6.10 Å². The molecule has 7 nitrogen and oxygen atoms in total. The molecular weight excluding hydrogens is 506 g/mol. The third kappa shape index (κ3) is 16.7. The Bertz CT molecular complexity index is 726. The molecule has 1 amide bonds. The monoisotopic (exact) mass is 567 g/mol. The zero-order chi connectivity index (χ0) is 29.9. The van der Waals surface area contributed by atoms with Crippen molar-refractivity contribution in [3.63, 3.8) is 0 Å². The molecule has 0 aromatic carbocycles. The first-order valence-corrected chi connectivity index (χ1v) is 16.2. The number of cyclic esters (lactones) is 1. The van der Waals surface area contributed by atoms with E-state index in [1.54, 1.807) is 0 Å². The average molecular weight is 568 g/mol. The van der Waals surface area contributed by atoms with Crippen LogP contribution in [0.2, 0.25) is 0 Å². The number of hydrogen-bond acceptors (Lipinski definition) is 6. The smallest absolute Gasteiger partial charge is 0.309 e. The van der Waals surface area contributed by atoms with Crippen LogP contribution in [0.3, 0.4) is 0 Å². The van der Waals surface area contributed by atoms with Crippen molar-refractivity contribution in [3.05, 3.63) is 11.6 Å². The van der Waals surface area contributed by atoms with Gasteiger partial charge in [-0.3, -0.25) is 9.59 Å². The van der Waals surface area contributed by atoms with Crippen LogP contribution in [0.5, 0.6) is 0 Å². The molecule has 0 bridgehead atoms. The van der Waals surface area contributed by atoms with E-state index in [0.717, 1.165) is 19.3 Å². The van der Waals surface area contributed by atoms with E-state index in [1.165, 1.54) is 56.9 Å². The Morgan fingerprint density at radius 2 is 1.48 bits per heavy atom. The number of β-amino-alcohol motifs (C(OH)–C–C–N with tert-alkyl or cyclic N) is 1. The Labute approximate surface area is 244 Å². The second-order valence-corrected chi connectivity index (χ2v) is 12.7. The van der Waals surface area contributed by atoms with Crippen LogP contribution in [0.15, 0.2) is 11.6 Å². The van der Waals surface area contributed by atoms with Gasteiger partial charge in [-0.25, -0.2) is 0 Å². The average Bonchev–Trinajstić information content (AvgIpc) is 2.90. The lowest BCUT2D eigenvalue weighted by Gasteiger charge is -2.23. The van der Waals surface area contributed by atoms with Gasteiger partial charge in [0.25, 0.3) is 5.91 Å². The van der Waals surface area contributed by atoms with Gasteiger partial charge in [0, 0.05) is 13.0 Å². The molecule has 0 fully saturated rings. The van der Waals surface area contributed by atoms with Crippen molar-refractivity contribution in [1.82, 2.24) is 5.32 Å². The minimum absolute atomic E-state index is 0.0467. The summed E-state index contributed by atoms with van der Waals surface area (Å²) in [7, 11) is 0. The summed E-state index contributed by atoms with van der Waals surface area (Å²) < 4.78 is 5.61. The number of carbonyl (C=O) groups excluding carboxylic acids is 2. The highest BCUT2D eigenvalue weighted by Gasteiger charge is 2.27. The molecule has 0 unspecified atom stereocenters. The summed E-state index contributed by atoms with van der Waals surface area (Å²) in [5, 5.41) is 33.8. The lowest BCUT2D eigenvalue weighted by Crippen LogP contribution is -2.43. The van der Waals surface area contributed by atoms with Crippen LogP contribution in [-0.2, 0) is 14.3 Å². The molecule has 234 valence electrons. The van der Waals surface area contributed by atoms with Crippen LogP contribution in [0.25, 0.3) is 0 Å². The van der Waals surface area contributed by atoms with Crippen LogP contribution in [0.1, 0.15) is 137 Å². The van der Waals surface area contributed by atoms with E-state index in [2.05, 4.69) is 32.2 Å². The van der Waals surface area contributed by atoms with E-state index >= 15 is 0 Å². The summed E-state index contributed by atoms with van der Waals surface area (Å²) in [4.78, 5) is 25.5. The van der Waals surface area contributed by atoms with Crippen LogP contribution in [0.4, 0.5) is 0 Å². The summed E-state index contributed by atoms with van der Waals surface area (Å²) in [6.45, 7) is 10.3. The highest BCUT2D eigenvalue weighted by molar-refractivity contribution is 5.84. The zero-order valence-electron chi connectivity index (χ0n) is 26.2. The van der Waals surface area contributed by atoms with Gasteiger partial charge in [-0.1, -0.05) is 97.1 Å². The topological polar surface area (TPSA) is 116 Å². The van der Waals surface area contributed by atoms with E-state index in [0.29, 0.717) is 37.5 Å². The number of allylic oxidation sites excluding steroid dienone is 2. The van der Waals surface area contributed by atoms with Crippen molar-refractivity contribution in [1.29, 1.82) is 0 Å². The third-order valence-electron chi connectivity index (χ3n) is 8.36. The van der Waals surface area contributed by atoms with Crippen LogP contribution >= 0.6 is 0 Å². The minimum Gasteiger partial charge on any atom is -0.452 e. The number of esters is 1. The molecule has 0 aliphatic carbocycles. The van der Waals surface area contributed by atoms with Gasteiger partial charge in [0.1, 0.15) is 0 Å². The number of amides is 1. The molecule has 40 heavy (non-hydrogen) atoms. The number of nitrogens with one attached hydrogen (secondary N) is 1. The van der Waals surface area contributed by atoms with Gasteiger partial charge >= 0.3 is 5.97 Å². The Kier molecular flexibility index (Phi) is 19.5. The maximum absolute atomic E-state index is 12.8. The van der Waals surface area contributed by atoms with E-state index in [1.807, 2.05) is 13.8 Å². The lowest BCUT2D eigenvalue weighted by molar-refractivity contribution is -0.160. The van der Waals surface area contributed by atoms with Crippen molar-refractivity contribution in [2.24, 2.45) is 17.8 Å². The predicted molar refractivity (Wildman–Crippen MR) is 162 cm³/mol. The first kappa shape index (κ1) is 36.6. The predicted octanol–water partition coefficient (Wildman–Crippen LogP) is 6.23. The van der Waals surface area contributed by atoms with E-state index in [-0.39, 0.29) is 24.9 Å². The van der Waals surface area contributed by atoms with Crippen LogP contribution in [0, 0.1) is 17.8 Å². The molecule has 1 aliphatic rings. The van der Waals surface area contributed by atoms with Crippen molar-refractivity contribution in [2.45, 2.75) is 162 Å². The SMILES string of the molecule is CCC[C@@H]1OC(=O)[C@@H](C)C[C@H](C)CCCCCCCC[C@@H](C)CC/C=C(\C)CC[C@@H](O)[C@@H](O)C[C@H](O)CNC1=O. The number of rotatable bonds is 2. The van der Waals surface area contributed by atoms with Crippen molar-refractivity contribution < 1.29 is 29.6 Å². The number of hydrogen-bond donors (Lipinski definition) is 4. The first-order valence-electron chi connectivity index (χ1n) is 16.2. The summed E-state index contributed by atoms with van der Waals surface area (Å²) in [5.74, 6) is 0.0520. The summed E-state index contributed by atoms with van der Waals surface area (Å²) >= 11 is 0. The fraction of sp³-hybridized carbons (Fsp3) is 0.879. The van der Waals surface area contributed by atoms with Crippen molar-refractivity contribution >= 4 is 11.9 Å². The largest absolute Gasteiger partial charge is 0.452 e. The van der Waals surface area contributed by atoms with Crippen LogP contribution in [-0.4, -0.2) is 58.2 Å². The second kappa shape index (κ2) is 21.3. The molecular formula is C33H61NO6. The molecule has 0 aromatic heterocycles. The number of aliphatic hydroxyl groups excluding tert-OH is 3. The molecule has 1 aliphatic heterocycles. The quantitative estimate of drug-likeness (QED) is 0.232. The maximum atomic E-state index is 12.8. The first-order chi connectivity index (χ1) is 19.0. The Balaban J connectivity index is 2.75. The maximum Gasteiger partial charge on any atom is 0.309 e. The van der Waals surface area contributed by atoms with Gasteiger partial charge < -0.3 is 25.4 Å². The van der Waals surface area contributed by atoms with Crippen molar-refractivity contribution in [3.8, 4) is 0 Å². The highest BCUT2D eigenvalue weighted by atomic mass is 16.5. The molecule has 0 saturated heterocycles. The summed E-state index contributed by atoms with van der Waals surface area (Å²) in [5.41, 5.74) is 1.21. The highest BCUT2D eigenvalue weighted by Crippen LogP contribution is 2.22. The van der Waals surface area contributed by atoms with Gasteiger partial charge in [-0.05, 0) is 57.3 Å². The lowest BCUT2D eigenvalue weighted by atomic mass is 9.92. The third-order valence-corrected chi connectivity index (χ3v) is 8.36.